The standard InChI is InChI=1S/C13H17FN2O2/c1-15-8-9-4-3-5-10(14)12(9)18-11-6-7-16(2)13(11)17/h3-5,11,15H,6-8H2,1-2H3. The summed E-state index contributed by atoms with van der Waals surface area (Å²) in [6.07, 6.45) is 0.0327. The summed E-state index contributed by atoms with van der Waals surface area (Å²) >= 11 is 0. The molecule has 1 aliphatic rings. The third-order valence-corrected chi connectivity index (χ3v) is 3.05. The highest BCUT2D eigenvalue weighted by atomic mass is 19.1. The first-order valence-electron chi connectivity index (χ1n) is 5.97. The van der Waals surface area contributed by atoms with E-state index in [-0.39, 0.29) is 11.7 Å². The lowest BCUT2D eigenvalue weighted by Gasteiger charge is -2.16. The molecule has 0 bridgehead atoms. The number of nitrogens with zero attached hydrogens (tertiary/aromatic N) is 1. The maximum Gasteiger partial charge on any atom is 0.263 e. The molecule has 0 radical (unpaired) electrons. The third-order valence-electron chi connectivity index (χ3n) is 3.05. The molecule has 1 unspecified atom stereocenters. The Morgan fingerprint density at radius 2 is 2.33 bits per heavy atom. The first-order valence-corrected chi connectivity index (χ1v) is 5.97. The molecular weight excluding hydrogens is 235 g/mol. The van der Waals surface area contributed by atoms with Crippen LogP contribution in [0.1, 0.15) is 12.0 Å². The number of likely N-dealkylation sites (tertiary alicyclic amines) is 1. The van der Waals surface area contributed by atoms with Gasteiger partial charge in [0, 0.05) is 32.1 Å². The number of benzene rings is 1. The predicted octanol–water partition coefficient (Wildman–Crippen LogP) is 1.15. The summed E-state index contributed by atoms with van der Waals surface area (Å²) in [4.78, 5) is 13.4. The monoisotopic (exact) mass is 252 g/mol. The quantitative estimate of drug-likeness (QED) is 0.874. The van der Waals surface area contributed by atoms with Crippen LogP contribution in [0, 0.1) is 5.82 Å². The molecule has 0 aliphatic carbocycles. The SMILES string of the molecule is CNCc1cccc(F)c1OC1CCN(C)C1=O. The number of halogens is 1. The molecule has 18 heavy (non-hydrogen) atoms. The van der Waals surface area contributed by atoms with E-state index in [1.54, 1.807) is 31.1 Å². The van der Waals surface area contributed by atoms with Gasteiger partial charge in [-0.3, -0.25) is 4.79 Å². The van der Waals surface area contributed by atoms with Crippen molar-refractivity contribution < 1.29 is 13.9 Å². The first kappa shape index (κ1) is 12.8. The van der Waals surface area contributed by atoms with Crippen molar-refractivity contribution in [1.82, 2.24) is 10.2 Å². The summed E-state index contributed by atoms with van der Waals surface area (Å²) in [5.41, 5.74) is 0.722. The minimum Gasteiger partial charge on any atom is -0.477 e. The van der Waals surface area contributed by atoms with Crippen LogP contribution in [0.25, 0.3) is 0 Å². The number of para-hydroxylation sites is 1. The van der Waals surface area contributed by atoms with E-state index in [9.17, 15) is 9.18 Å². The number of amides is 1. The molecule has 1 saturated heterocycles. The summed E-state index contributed by atoms with van der Waals surface area (Å²) in [6.45, 7) is 1.16. The van der Waals surface area contributed by atoms with E-state index in [4.69, 9.17) is 4.74 Å². The van der Waals surface area contributed by atoms with Gasteiger partial charge in [0.25, 0.3) is 5.91 Å². The van der Waals surface area contributed by atoms with Crippen molar-refractivity contribution in [2.75, 3.05) is 20.6 Å². The van der Waals surface area contributed by atoms with Crippen LogP contribution in [0.5, 0.6) is 5.75 Å². The number of hydrogen-bond acceptors (Lipinski definition) is 3. The number of carbonyl (C=O) groups is 1. The Balaban J connectivity index is 2.20. The second-order valence-corrected chi connectivity index (χ2v) is 4.41. The zero-order chi connectivity index (χ0) is 13.1. The van der Waals surface area contributed by atoms with Gasteiger partial charge >= 0.3 is 0 Å². The smallest absolute Gasteiger partial charge is 0.263 e. The van der Waals surface area contributed by atoms with Crippen molar-refractivity contribution in [3.63, 3.8) is 0 Å². The molecule has 1 atom stereocenters. The first-order chi connectivity index (χ1) is 8.63. The molecule has 1 amide bonds. The highest BCUT2D eigenvalue weighted by Gasteiger charge is 2.31. The summed E-state index contributed by atoms with van der Waals surface area (Å²) in [5.74, 6) is -0.334. The molecule has 98 valence electrons. The minimum absolute atomic E-state index is 0.0892. The fraction of sp³-hybridized carbons (Fsp3) is 0.462. The van der Waals surface area contributed by atoms with Gasteiger partial charge in [-0.05, 0) is 13.1 Å². The molecule has 0 spiro atoms. The van der Waals surface area contributed by atoms with Crippen LogP contribution in [0.2, 0.25) is 0 Å². The average molecular weight is 252 g/mol. The molecule has 5 heteroatoms. The topological polar surface area (TPSA) is 41.6 Å². The Kier molecular flexibility index (Phi) is 3.81. The molecule has 0 saturated carbocycles. The second kappa shape index (κ2) is 5.35. The predicted molar refractivity (Wildman–Crippen MR) is 65.8 cm³/mol. The van der Waals surface area contributed by atoms with Crippen LogP contribution < -0.4 is 10.1 Å². The van der Waals surface area contributed by atoms with Crippen LogP contribution in [0.4, 0.5) is 4.39 Å². The van der Waals surface area contributed by atoms with Gasteiger partial charge in [-0.15, -0.1) is 0 Å². The highest BCUT2D eigenvalue weighted by molar-refractivity contribution is 5.83. The number of rotatable bonds is 4. The normalized spacial score (nSPS) is 19.4. The van der Waals surface area contributed by atoms with Gasteiger partial charge in [0.15, 0.2) is 17.7 Å². The molecule has 1 aliphatic heterocycles. The highest BCUT2D eigenvalue weighted by Crippen LogP contribution is 2.26. The average Bonchev–Trinajstić information content (AvgIpc) is 2.65. The van der Waals surface area contributed by atoms with Crippen molar-refractivity contribution in [2.24, 2.45) is 0 Å². The van der Waals surface area contributed by atoms with E-state index in [1.807, 2.05) is 0 Å². The van der Waals surface area contributed by atoms with E-state index in [1.165, 1.54) is 6.07 Å². The lowest BCUT2D eigenvalue weighted by Crippen LogP contribution is -2.30. The molecule has 4 nitrogen and oxygen atoms in total. The van der Waals surface area contributed by atoms with E-state index < -0.39 is 11.9 Å². The van der Waals surface area contributed by atoms with Gasteiger partial charge in [-0.2, -0.15) is 0 Å². The maximum atomic E-state index is 13.8. The van der Waals surface area contributed by atoms with Gasteiger partial charge in [-0.25, -0.2) is 4.39 Å². The Hall–Kier alpha value is -1.62. The molecular formula is C13H17FN2O2. The van der Waals surface area contributed by atoms with Gasteiger partial charge in [-0.1, -0.05) is 12.1 Å². The van der Waals surface area contributed by atoms with Gasteiger partial charge < -0.3 is 15.0 Å². The van der Waals surface area contributed by atoms with E-state index in [2.05, 4.69) is 5.32 Å². The second-order valence-electron chi connectivity index (χ2n) is 4.41. The van der Waals surface area contributed by atoms with E-state index in [0.29, 0.717) is 19.5 Å². The maximum absolute atomic E-state index is 13.8. The van der Waals surface area contributed by atoms with Crippen molar-refractivity contribution in [3.8, 4) is 5.75 Å². The number of likely N-dealkylation sites (N-methyl/N-ethyl adjacent to an activating group) is 1. The summed E-state index contributed by atoms with van der Waals surface area (Å²) in [5, 5.41) is 2.95. The van der Waals surface area contributed by atoms with Crippen molar-refractivity contribution >= 4 is 5.91 Å². The number of hydrogen-bond donors (Lipinski definition) is 1. The molecule has 0 aromatic heterocycles. The molecule has 1 aromatic carbocycles. The number of carbonyl (C=O) groups excluding carboxylic acids is 1. The van der Waals surface area contributed by atoms with Crippen LogP contribution >= 0.6 is 0 Å². The van der Waals surface area contributed by atoms with Crippen molar-refractivity contribution in [3.05, 3.63) is 29.6 Å². The Bertz CT molecular complexity index is 451. The summed E-state index contributed by atoms with van der Waals surface area (Å²) in [7, 11) is 3.50. The zero-order valence-electron chi connectivity index (χ0n) is 10.6. The molecule has 1 N–H and O–H groups in total. The molecule has 2 rings (SSSR count). The molecule has 1 fully saturated rings. The van der Waals surface area contributed by atoms with E-state index in [0.717, 1.165) is 5.56 Å². The number of nitrogens with one attached hydrogen (secondary N) is 1. The summed E-state index contributed by atoms with van der Waals surface area (Å²) in [6, 6.07) is 4.77. The Morgan fingerprint density at radius 1 is 1.56 bits per heavy atom. The van der Waals surface area contributed by atoms with Crippen LogP contribution in [0.15, 0.2) is 18.2 Å². The van der Waals surface area contributed by atoms with E-state index >= 15 is 0 Å². The summed E-state index contributed by atoms with van der Waals surface area (Å²) < 4.78 is 19.3. The fourth-order valence-electron chi connectivity index (χ4n) is 2.06. The lowest BCUT2D eigenvalue weighted by atomic mass is 10.2. The van der Waals surface area contributed by atoms with Crippen molar-refractivity contribution in [2.45, 2.75) is 19.1 Å². The Morgan fingerprint density at radius 3 is 2.94 bits per heavy atom. The van der Waals surface area contributed by atoms with Crippen LogP contribution in [0.3, 0.4) is 0 Å². The van der Waals surface area contributed by atoms with Gasteiger partial charge in [0.1, 0.15) is 0 Å². The fourth-order valence-corrected chi connectivity index (χ4v) is 2.06. The van der Waals surface area contributed by atoms with Gasteiger partial charge in [0.05, 0.1) is 0 Å². The van der Waals surface area contributed by atoms with Crippen molar-refractivity contribution in [1.29, 1.82) is 0 Å². The largest absolute Gasteiger partial charge is 0.477 e. The van der Waals surface area contributed by atoms with Crippen LogP contribution in [-0.4, -0.2) is 37.6 Å². The molecule has 1 heterocycles. The minimum atomic E-state index is -0.567. The number of ether oxygens (including phenoxy) is 1. The molecule has 1 aromatic rings. The lowest BCUT2D eigenvalue weighted by molar-refractivity contribution is -0.132. The van der Waals surface area contributed by atoms with Gasteiger partial charge in [0.2, 0.25) is 0 Å². The zero-order valence-corrected chi connectivity index (χ0v) is 10.6. The Labute approximate surface area is 106 Å². The third kappa shape index (κ3) is 2.46. The van der Waals surface area contributed by atoms with Crippen LogP contribution in [-0.2, 0) is 11.3 Å².